The molecule has 0 unspecified atom stereocenters. The van der Waals surface area contributed by atoms with Gasteiger partial charge >= 0.3 is 0 Å². The molecule has 5 heteroatoms. The third-order valence-corrected chi connectivity index (χ3v) is 6.26. The van der Waals surface area contributed by atoms with Gasteiger partial charge in [-0.05, 0) is 30.9 Å². The lowest BCUT2D eigenvalue weighted by atomic mass is 9.96. The summed E-state index contributed by atoms with van der Waals surface area (Å²) in [6, 6.07) is 20.8. The molecule has 0 atom stereocenters. The van der Waals surface area contributed by atoms with Gasteiger partial charge in [0.05, 0.1) is 11.4 Å². The molecule has 0 radical (unpaired) electrons. The van der Waals surface area contributed by atoms with Crippen LogP contribution in [-0.4, -0.2) is 28.2 Å². The van der Waals surface area contributed by atoms with Crippen molar-refractivity contribution in [3.8, 4) is 0 Å². The van der Waals surface area contributed by atoms with Crippen LogP contribution >= 0.6 is 11.8 Å². The molecular weight excluding hydrogens is 366 g/mol. The van der Waals surface area contributed by atoms with Crippen LogP contribution in [0, 0.1) is 6.92 Å². The van der Waals surface area contributed by atoms with Crippen LogP contribution in [0.4, 0.5) is 0 Å². The van der Waals surface area contributed by atoms with E-state index >= 15 is 0 Å². The Balaban J connectivity index is 1.28. The lowest BCUT2D eigenvalue weighted by molar-refractivity contribution is -0.118. The summed E-state index contributed by atoms with van der Waals surface area (Å²) in [7, 11) is 0. The standard InChI is InChI=1S/C23H25N3OS/c1-17-20(14-18-8-4-2-5-9-18)26-22(25-17)28-15-21(27)24-16-23(12-13-23)19-10-6-3-7-11-19/h2-11H,12-16H2,1H3,(H,24,27)(H,25,26). The number of benzene rings is 2. The number of rotatable bonds is 8. The highest BCUT2D eigenvalue weighted by atomic mass is 32.2. The van der Waals surface area contributed by atoms with Crippen molar-refractivity contribution >= 4 is 17.7 Å². The van der Waals surface area contributed by atoms with Gasteiger partial charge < -0.3 is 10.3 Å². The molecule has 28 heavy (non-hydrogen) atoms. The normalized spacial score (nSPS) is 14.6. The van der Waals surface area contributed by atoms with Gasteiger partial charge in [-0.25, -0.2) is 4.98 Å². The van der Waals surface area contributed by atoms with E-state index in [0.717, 1.165) is 35.8 Å². The van der Waals surface area contributed by atoms with E-state index in [1.54, 1.807) is 0 Å². The third kappa shape index (κ3) is 4.47. The minimum Gasteiger partial charge on any atom is -0.354 e. The Bertz CT molecular complexity index is 933. The molecule has 1 fully saturated rings. The molecular formula is C23H25N3OS. The summed E-state index contributed by atoms with van der Waals surface area (Å²) in [5, 5.41) is 3.92. The molecule has 3 aromatic rings. The number of aromatic amines is 1. The molecule has 1 saturated carbocycles. The number of carbonyl (C=O) groups is 1. The van der Waals surface area contributed by atoms with Crippen LogP contribution in [0.2, 0.25) is 0 Å². The van der Waals surface area contributed by atoms with Crippen molar-refractivity contribution in [1.82, 2.24) is 15.3 Å². The van der Waals surface area contributed by atoms with E-state index in [0.29, 0.717) is 12.3 Å². The van der Waals surface area contributed by atoms with Gasteiger partial charge in [-0.2, -0.15) is 0 Å². The van der Waals surface area contributed by atoms with Crippen LogP contribution in [0.1, 0.15) is 35.4 Å². The molecule has 0 aliphatic heterocycles. The summed E-state index contributed by atoms with van der Waals surface area (Å²) < 4.78 is 0. The average molecular weight is 392 g/mol. The number of amides is 1. The number of hydrogen-bond acceptors (Lipinski definition) is 3. The maximum Gasteiger partial charge on any atom is 0.230 e. The van der Waals surface area contributed by atoms with Crippen molar-refractivity contribution in [3.63, 3.8) is 0 Å². The van der Waals surface area contributed by atoms with Crippen LogP contribution in [-0.2, 0) is 16.6 Å². The van der Waals surface area contributed by atoms with E-state index < -0.39 is 0 Å². The first-order valence-corrected chi connectivity index (χ1v) is 10.7. The first-order chi connectivity index (χ1) is 13.6. The molecule has 0 saturated heterocycles. The number of imidazole rings is 1. The monoisotopic (exact) mass is 391 g/mol. The van der Waals surface area contributed by atoms with E-state index in [1.807, 2.05) is 31.2 Å². The Morgan fingerprint density at radius 1 is 1.11 bits per heavy atom. The quantitative estimate of drug-likeness (QED) is 0.565. The number of hydrogen-bond donors (Lipinski definition) is 2. The van der Waals surface area contributed by atoms with Crippen molar-refractivity contribution in [1.29, 1.82) is 0 Å². The minimum atomic E-state index is 0.0610. The van der Waals surface area contributed by atoms with Crippen LogP contribution in [0.25, 0.3) is 0 Å². The van der Waals surface area contributed by atoms with E-state index in [-0.39, 0.29) is 11.3 Å². The van der Waals surface area contributed by atoms with Crippen molar-refractivity contribution < 1.29 is 4.79 Å². The molecule has 2 aromatic carbocycles. The Morgan fingerprint density at radius 3 is 2.46 bits per heavy atom. The fraction of sp³-hybridized carbons (Fsp3) is 0.304. The zero-order valence-corrected chi connectivity index (χ0v) is 16.9. The highest BCUT2D eigenvalue weighted by Crippen LogP contribution is 2.47. The fourth-order valence-corrected chi connectivity index (χ4v) is 4.23. The van der Waals surface area contributed by atoms with Gasteiger partial charge in [0.2, 0.25) is 5.91 Å². The van der Waals surface area contributed by atoms with Crippen LogP contribution in [0.5, 0.6) is 0 Å². The molecule has 2 N–H and O–H groups in total. The molecule has 0 bridgehead atoms. The van der Waals surface area contributed by atoms with Gasteiger partial charge in [0, 0.05) is 24.1 Å². The van der Waals surface area contributed by atoms with Gasteiger partial charge in [-0.3, -0.25) is 4.79 Å². The molecule has 1 aliphatic rings. The van der Waals surface area contributed by atoms with Crippen LogP contribution in [0.3, 0.4) is 0 Å². The number of nitrogens with one attached hydrogen (secondary N) is 2. The second-order valence-electron chi connectivity index (χ2n) is 7.49. The van der Waals surface area contributed by atoms with Crippen LogP contribution in [0.15, 0.2) is 65.8 Å². The topological polar surface area (TPSA) is 57.8 Å². The van der Waals surface area contributed by atoms with Gasteiger partial charge in [0.15, 0.2) is 5.16 Å². The Labute approximate surface area is 170 Å². The summed E-state index contributed by atoms with van der Waals surface area (Å²) in [5.74, 6) is 0.439. The predicted molar refractivity (Wildman–Crippen MR) is 114 cm³/mol. The van der Waals surface area contributed by atoms with E-state index in [2.05, 4.69) is 51.7 Å². The third-order valence-electron chi connectivity index (χ3n) is 5.38. The SMILES string of the molecule is Cc1[nH]c(SCC(=O)NCC2(c3ccccc3)CC2)nc1Cc1ccccc1. The second-order valence-corrected chi connectivity index (χ2v) is 8.45. The molecule has 4 nitrogen and oxygen atoms in total. The Kier molecular flexibility index (Phi) is 5.53. The average Bonchev–Trinajstić information content (AvgIpc) is 3.45. The number of H-pyrrole nitrogens is 1. The Morgan fingerprint density at radius 2 is 1.79 bits per heavy atom. The smallest absolute Gasteiger partial charge is 0.230 e. The number of carbonyl (C=O) groups excluding carboxylic acids is 1. The van der Waals surface area contributed by atoms with Crippen molar-refractivity contribution in [2.75, 3.05) is 12.3 Å². The van der Waals surface area contributed by atoms with E-state index in [1.165, 1.54) is 22.9 Å². The van der Waals surface area contributed by atoms with Gasteiger partial charge in [-0.1, -0.05) is 72.4 Å². The second kappa shape index (κ2) is 8.23. The molecule has 1 aliphatic carbocycles. The first kappa shape index (κ1) is 18.8. The highest BCUT2D eigenvalue weighted by molar-refractivity contribution is 7.99. The lowest BCUT2D eigenvalue weighted by Gasteiger charge is -2.16. The van der Waals surface area contributed by atoms with E-state index in [9.17, 15) is 4.79 Å². The molecule has 0 spiro atoms. The van der Waals surface area contributed by atoms with Crippen LogP contribution < -0.4 is 5.32 Å². The zero-order valence-electron chi connectivity index (χ0n) is 16.1. The maximum atomic E-state index is 12.3. The summed E-state index contributed by atoms with van der Waals surface area (Å²) in [5.41, 5.74) is 4.81. The van der Waals surface area contributed by atoms with Gasteiger partial charge in [0.25, 0.3) is 0 Å². The first-order valence-electron chi connectivity index (χ1n) is 9.69. The minimum absolute atomic E-state index is 0.0610. The number of aryl methyl sites for hydroxylation is 1. The molecule has 4 rings (SSSR count). The summed E-state index contributed by atoms with van der Waals surface area (Å²) in [6.45, 7) is 2.75. The van der Waals surface area contributed by atoms with Crippen molar-refractivity contribution in [2.45, 2.75) is 36.8 Å². The van der Waals surface area contributed by atoms with Crippen molar-refractivity contribution in [3.05, 3.63) is 83.2 Å². The molecule has 1 heterocycles. The lowest BCUT2D eigenvalue weighted by Crippen LogP contribution is -2.33. The van der Waals surface area contributed by atoms with Gasteiger partial charge in [-0.15, -0.1) is 0 Å². The van der Waals surface area contributed by atoms with E-state index in [4.69, 9.17) is 0 Å². The number of aromatic nitrogens is 2. The predicted octanol–water partition coefficient (Wildman–Crippen LogP) is 4.25. The number of nitrogens with zero attached hydrogens (tertiary/aromatic N) is 1. The Hall–Kier alpha value is -2.53. The summed E-state index contributed by atoms with van der Waals surface area (Å²) in [4.78, 5) is 20.3. The molecule has 1 aromatic heterocycles. The summed E-state index contributed by atoms with van der Waals surface area (Å²) in [6.07, 6.45) is 3.09. The molecule has 1 amide bonds. The van der Waals surface area contributed by atoms with Gasteiger partial charge in [0.1, 0.15) is 0 Å². The number of thioether (sulfide) groups is 1. The fourth-order valence-electron chi connectivity index (χ4n) is 3.46. The maximum absolute atomic E-state index is 12.3. The van der Waals surface area contributed by atoms with Crippen molar-refractivity contribution in [2.24, 2.45) is 0 Å². The summed E-state index contributed by atoms with van der Waals surface area (Å²) >= 11 is 1.46. The highest BCUT2D eigenvalue weighted by Gasteiger charge is 2.44. The largest absolute Gasteiger partial charge is 0.354 e. The molecule has 144 valence electrons. The zero-order chi connectivity index (χ0) is 19.4.